The third-order valence-electron chi connectivity index (χ3n) is 2.28. The van der Waals surface area contributed by atoms with Crippen molar-refractivity contribution in [3.8, 4) is 0 Å². The molecule has 1 fully saturated rings. The summed E-state index contributed by atoms with van der Waals surface area (Å²) in [6.45, 7) is 3.58. The maximum atomic E-state index is 10.6. The minimum atomic E-state index is -0.796. The lowest BCUT2D eigenvalue weighted by Crippen LogP contribution is -2.17. The summed E-state index contributed by atoms with van der Waals surface area (Å²) in [6, 6.07) is 0. The molecular formula is C10H17NO2. The maximum Gasteiger partial charge on any atom is 0.331 e. The Bertz CT molecular complexity index is 207. The second-order valence-corrected chi connectivity index (χ2v) is 3.49. The highest BCUT2D eigenvalue weighted by molar-refractivity contribution is 5.86. The summed E-state index contributed by atoms with van der Waals surface area (Å²) in [5, 5.41) is 11.9. The van der Waals surface area contributed by atoms with E-state index in [2.05, 4.69) is 5.32 Å². The second kappa shape index (κ2) is 5.02. The zero-order chi connectivity index (χ0) is 9.68. The Labute approximate surface area is 78.8 Å². The number of hydrogen-bond donors (Lipinski definition) is 2. The molecule has 1 aliphatic rings. The molecule has 0 aromatic rings. The zero-order valence-electron chi connectivity index (χ0n) is 8.05. The quantitative estimate of drug-likeness (QED) is 0.483. The molecule has 1 saturated carbocycles. The van der Waals surface area contributed by atoms with E-state index in [4.69, 9.17) is 5.11 Å². The van der Waals surface area contributed by atoms with E-state index >= 15 is 0 Å². The molecule has 13 heavy (non-hydrogen) atoms. The zero-order valence-corrected chi connectivity index (χ0v) is 8.05. The van der Waals surface area contributed by atoms with Crippen LogP contribution in [0.2, 0.25) is 0 Å². The second-order valence-electron chi connectivity index (χ2n) is 3.49. The molecule has 0 aromatic heterocycles. The van der Waals surface area contributed by atoms with E-state index in [9.17, 15) is 4.79 Å². The van der Waals surface area contributed by atoms with Gasteiger partial charge in [-0.15, -0.1) is 0 Å². The summed E-state index contributed by atoms with van der Waals surface area (Å²) in [4.78, 5) is 10.6. The van der Waals surface area contributed by atoms with Crippen molar-refractivity contribution in [1.82, 2.24) is 5.32 Å². The van der Waals surface area contributed by atoms with E-state index in [0.29, 0.717) is 18.5 Å². The molecule has 0 aliphatic heterocycles. The summed E-state index contributed by atoms with van der Waals surface area (Å²) in [6.07, 6.45) is 5.03. The van der Waals surface area contributed by atoms with Gasteiger partial charge in [0.15, 0.2) is 0 Å². The van der Waals surface area contributed by atoms with Crippen molar-refractivity contribution in [2.24, 2.45) is 5.92 Å². The fraction of sp³-hybridized carbons (Fsp3) is 0.700. The molecular weight excluding hydrogens is 166 g/mol. The van der Waals surface area contributed by atoms with Crippen LogP contribution in [0.5, 0.6) is 0 Å². The van der Waals surface area contributed by atoms with Gasteiger partial charge in [0, 0.05) is 12.1 Å². The molecule has 0 atom stereocenters. The molecule has 3 heteroatoms. The van der Waals surface area contributed by atoms with Crippen LogP contribution in [-0.2, 0) is 4.79 Å². The molecule has 0 heterocycles. The van der Waals surface area contributed by atoms with Gasteiger partial charge in [0.2, 0.25) is 0 Å². The van der Waals surface area contributed by atoms with E-state index in [0.717, 1.165) is 12.5 Å². The van der Waals surface area contributed by atoms with Gasteiger partial charge < -0.3 is 10.4 Å². The average molecular weight is 183 g/mol. The fourth-order valence-electron chi connectivity index (χ4n) is 1.19. The number of carboxylic acids is 1. The molecule has 0 aromatic carbocycles. The number of carbonyl (C=O) groups is 1. The van der Waals surface area contributed by atoms with E-state index in [1.165, 1.54) is 12.8 Å². The highest BCUT2D eigenvalue weighted by atomic mass is 16.4. The Morgan fingerprint density at radius 2 is 2.31 bits per heavy atom. The van der Waals surface area contributed by atoms with Crippen molar-refractivity contribution >= 4 is 5.97 Å². The Balaban J connectivity index is 2.14. The van der Waals surface area contributed by atoms with E-state index in [-0.39, 0.29) is 0 Å². The van der Waals surface area contributed by atoms with Crippen LogP contribution >= 0.6 is 0 Å². The molecule has 0 spiro atoms. The lowest BCUT2D eigenvalue weighted by Gasteiger charge is -2.00. The van der Waals surface area contributed by atoms with Gasteiger partial charge in [0.05, 0.1) is 0 Å². The van der Waals surface area contributed by atoms with Crippen molar-refractivity contribution < 1.29 is 9.90 Å². The summed E-state index contributed by atoms with van der Waals surface area (Å²) in [5.41, 5.74) is 0.503. The first-order valence-corrected chi connectivity index (χ1v) is 4.87. The molecule has 0 unspecified atom stereocenters. The molecule has 3 nitrogen and oxygen atoms in total. The molecule has 0 amide bonds. The van der Waals surface area contributed by atoms with Crippen LogP contribution in [-0.4, -0.2) is 24.2 Å². The smallest absolute Gasteiger partial charge is 0.331 e. The van der Waals surface area contributed by atoms with Crippen molar-refractivity contribution in [2.45, 2.75) is 26.2 Å². The average Bonchev–Trinajstić information content (AvgIpc) is 2.87. The predicted octanol–water partition coefficient (Wildman–Crippen LogP) is 1.41. The fourth-order valence-corrected chi connectivity index (χ4v) is 1.19. The van der Waals surface area contributed by atoms with Crippen LogP contribution in [0.1, 0.15) is 26.2 Å². The third kappa shape index (κ3) is 4.08. The number of hydrogen-bond acceptors (Lipinski definition) is 2. The first-order chi connectivity index (χ1) is 6.24. The van der Waals surface area contributed by atoms with Crippen LogP contribution < -0.4 is 5.32 Å². The van der Waals surface area contributed by atoms with E-state index in [1.54, 1.807) is 6.08 Å². The van der Waals surface area contributed by atoms with Gasteiger partial charge in [-0.2, -0.15) is 0 Å². The number of nitrogens with one attached hydrogen (secondary N) is 1. The maximum absolute atomic E-state index is 10.6. The number of aliphatic carboxylic acids is 1. The lowest BCUT2D eigenvalue weighted by atomic mass is 10.2. The highest BCUT2D eigenvalue weighted by Gasteiger charge is 2.19. The molecule has 0 radical (unpaired) electrons. The van der Waals surface area contributed by atoms with Crippen molar-refractivity contribution in [3.63, 3.8) is 0 Å². The number of carboxylic acid groups (broad SMARTS) is 1. The Morgan fingerprint density at radius 3 is 2.77 bits per heavy atom. The Kier molecular flexibility index (Phi) is 3.96. The third-order valence-corrected chi connectivity index (χ3v) is 2.28. The van der Waals surface area contributed by atoms with Crippen LogP contribution in [0.3, 0.4) is 0 Å². The van der Waals surface area contributed by atoms with Gasteiger partial charge in [-0.05, 0) is 31.7 Å². The van der Waals surface area contributed by atoms with Crippen LogP contribution in [0.25, 0.3) is 0 Å². The van der Waals surface area contributed by atoms with Crippen LogP contribution in [0, 0.1) is 5.92 Å². The van der Waals surface area contributed by atoms with Crippen molar-refractivity contribution in [3.05, 3.63) is 11.6 Å². The van der Waals surface area contributed by atoms with Crippen LogP contribution in [0.4, 0.5) is 0 Å². The minimum absolute atomic E-state index is 0.503. The van der Waals surface area contributed by atoms with Gasteiger partial charge in [-0.1, -0.05) is 13.0 Å². The van der Waals surface area contributed by atoms with Gasteiger partial charge in [0.25, 0.3) is 0 Å². The van der Waals surface area contributed by atoms with E-state index in [1.807, 2.05) is 6.92 Å². The largest absolute Gasteiger partial charge is 0.478 e. The first-order valence-electron chi connectivity index (χ1n) is 4.87. The predicted molar refractivity (Wildman–Crippen MR) is 51.6 cm³/mol. The monoisotopic (exact) mass is 183 g/mol. The standard InChI is InChI=1S/C10H17NO2/c1-2-9(10(12)13)5-6-11-7-8-3-4-8/h5,8,11H,2-4,6-7H2,1H3,(H,12,13). The molecule has 0 bridgehead atoms. The minimum Gasteiger partial charge on any atom is -0.478 e. The molecule has 2 N–H and O–H groups in total. The molecule has 1 aliphatic carbocycles. The summed E-state index contributed by atoms with van der Waals surface area (Å²) >= 11 is 0. The Hall–Kier alpha value is -0.830. The summed E-state index contributed by atoms with van der Waals surface area (Å²) in [5.74, 6) is 0.0547. The van der Waals surface area contributed by atoms with Gasteiger partial charge >= 0.3 is 5.97 Å². The van der Waals surface area contributed by atoms with Crippen molar-refractivity contribution in [1.29, 1.82) is 0 Å². The van der Waals surface area contributed by atoms with Gasteiger partial charge in [-0.3, -0.25) is 0 Å². The van der Waals surface area contributed by atoms with E-state index < -0.39 is 5.97 Å². The molecule has 0 saturated heterocycles. The summed E-state index contributed by atoms with van der Waals surface area (Å²) < 4.78 is 0. The lowest BCUT2D eigenvalue weighted by molar-refractivity contribution is -0.132. The topological polar surface area (TPSA) is 49.3 Å². The first kappa shape index (κ1) is 10.3. The Morgan fingerprint density at radius 1 is 1.62 bits per heavy atom. The SMILES string of the molecule is CCC(=CCNCC1CC1)C(=O)O. The molecule has 1 rings (SSSR count). The number of rotatable bonds is 6. The summed E-state index contributed by atoms with van der Waals surface area (Å²) in [7, 11) is 0. The van der Waals surface area contributed by atoms with Crippen LogP contribution in [0.15, 0.2) is 11.6 Å². The normalized spacial score (nSPS) is 17.5. The van der Waals surface area contributed by atoms with Crippen molar-refractivity contribution in [2.75, 3.05) is 13.1 Å². The van der Waals surface area contributed by atoms with Gasteiger partial charge in [0.1, 0.15) is 0 Å². The highest BCUT2D eigenvalue weighted by Crippen LogP contribution is 2.27. The molecule has 74 valence electrons. The van der Waals surface area contributed by atoms with Gasteiger partial charge in [-0.25, -0.2) is 4.79 Å².